The SMILES string of the molecule is CN(C(=O)Cc1ccccc1)[C@@H]1OC(CO)[C@H](O)C(n2cc(-c3cccc(F)c3)nn2)C1O. The molecule has 0 saturated carbocycles. The first-order valence-corrected chi connectivity index (χ1v) is 10.5. The Bertz CT molecular complexity index is 1100. The molecule has 3 N–H and O–H groups in total. The first-order chi connectivity index (χ1) is 15.9. The maximum absolute atomic E-state index is 13.6. The molecule has 1 aliphatic rings. The van der Waals surface area contributed by atoms with Crippen LogP contribution >= 0.6 is 0 Å². The minimum absolute atomic E-state index is 0.0912. The number of amides is 1. The Hall–Kier alpha value is -3.18. The Balaban J connectivity index is 1.58. The molecular formula is C23H25FN4O5. The summed E-state index contributed by atoms with van der Waals surface area (Å²) in [7, 11) is 1.49. The number of aliphatic hydroxyl groups excluding tert-OH is 3. The van der Waals surface area contributed by atoms with Crippen molar-refractivity contribution in [1.82, 2.24) is 19.9 Å². The number of halogens is 1. The number of hydrogen-bond donors (Lipinski definition) is 3. The summed E-state index contributed by atoms with van der Waals surface area (Å²) < 4.78 is 20.5. The number of hydrogen-bond acceptors (Lipinski definition) is 7. The topological polar surface area (TPSA) is 121 Å². The quantitative estimate of drug-likeness (QED) is 0.501. The lowest BCUT2D eigenvalue weighted by molar-refractivity contribution is -0.241. The van der Waals surface area contributed by atoms with E-state index in [1.54, 1.807) is 6.07 Å². The van der Waals surface area contributed by atoms with E-state index >= 15 is 0 Å². The summed E-state index contributed by atoms with van der Waals surface area (Å²) in [6.07, 6.45) is -3.37. The zero-order chi connectivity index (χ0) is 23.5. The van der Waals surface area contributed by atoms with Gasteiger partial charge < -0.3 is 25.0 Å². The van der Waals surface area contributed by atoms with Gasteiger partial charge in [0.15, 0.2) is 6.23 Å². The fourth-order valence-corrected chi connectivity index (χ4v) is 3.95. The predicted molar refractivity (Wildman–Crippen MR) is 115 cm³/mol. The van der Waals surface area contributed by atoms with E-state index in [-0.39, 0.29) is 12.3 Å². The van der Waals surface area contributed by atoms with Gasteiger partial charge in [-0.2, -0.15) is 0 Å². The summed E-state index contributed by atoms with van der Waals surface area (Å²) in [4.78, 5) is 14.1. The summed E-state index contributed by atoms with van der Waals surface area (Å²) in [5.74, 6) is -0.747. The number of benzene rings is 2. The molecule has 1 saturated heterocycles. The second kappa shape index (κ2) is 9.75. The molecule has 3 unspecified atom stereocenters. The Labute approximate surface area is 189 Å². The van der Waals surface area contributed by atoms with E-state index < -0.39 is 43.0 Å². The lowest BCUT2D eigenvalue weighted by atomic mass is 9.94. The van der Waals surface area contributed by atoms with Crippen molar-refractivity contribution in [3.63, 3.8) is 0 Å². The van der Waals surface area contributed by atoms with Crippen LogP contribution in [0.15, 0.2) is 60.8 Å². The van der Waals surface area contributed by atoms with Crippen LogP contribution in [0.25, 0.3) is 11.3 Å². The Morgan fingerprint density at radius 1 is 1.15 bits per heavy atom. The van der Waals surface area contributed by atoms with Crippen LogP contribution in [0.3, 0.4) is 0 Å². The number of carbonyl (C=O) groups excluding carboxylic acids is 1. The van der Waals surface area contributed by atoms with Crippen LogP contribution in [0.5, 0.6) is 0 Å². The lowest BCUT2D eigenvalue weighted by Crippen LogP contribution is -2.61. The summed E-state index contributed by atoms with van der Waals surface area (Å²) in [5.41, 5.74) is 1.61. The van der Waals surface area contributed by atoms with E-state index in [9.17, 15) is 24.5 Å². The van der Waals surface area contributed by atoms with Crippen molar-refractivity contribution < 1.29 is 29.2 Å². The van der Waals surface area contributed by atoms with E-state index in [2.05, 4.69) is 10.3 Å². The molecule has 33 heavy (non-hydrogen) atoms. The van der Waals surface area contributed by atoms with Gasteiger partial charge in [-0.25, -0.2) is 9.07 Å². The number of nitrogens with zero attached hydrogens (tertiary/aromatic N) is 4. The molecule has 4 rings (SSSR count). The van der Waals surface area contributed by atoms with Crippen LogP contribution in [0.1, 0.15) is 11.6 Å². The highest BCUT2D eigenvalue weighted by molar-refractivity contribution is 5.78. The number of ether oxygens (including phenoxy) is 1. The average molecular weight is 456 g/mol. The Morgan fingerprint density at radius 3 is 2.61 bits per heavy atom. The van der Waals surface area contributed by atoms with Crippen molar-refractivity contribution >= 4 is 5.91 Å². The first-order valence-electron chi connectivity index (χ1n) is 10.5. The van der Waals surface area contributed by atoms with E-state index in [0.29, 0.717) is 11.3 Å². The van der Waals surface area contributed by atoms with Gasteiger partial charge in [-0.3, -0.25) is 4.79 Å². The molecule has 0 spiro atoms. The summed E-state index contributed by atoms with van der Waals surface area (Å²) in [5, 5.41) is 39.6. The molecule has 3 aromatic rings. The molecule has 0 aliphatic carbocycles. The highest BCUT2D eigenvalue weighted by Crippen LogP contribution is 2.32. The van der Waals surface area contributed by atoms with Gasteiger partial charge in [-0.15, -0.1) is 5.10 Å². The van der Waals surface area contributed by atoms with Crippen LogP contribution in [-0.2, 0) is 16.0 Å². The minimum atomic E-state index is -1.38. The van der Waals surface area contributed by atoms with Gasteiger partial charge >= 0.3 is 0 Å². The molecule has 1 fully saturated rings. The predicted octanol–water partition coefficient (Wildman–Crippen LogP) is 0.765. The number of carbonyl (C=O) groups is 1. The second-order valence-electron chi connectivity index (χ2n) is 7.98. The fourth-order valence-electron chi connectivity index (χ4n) is 3.95. The third-order valence-corrected chi connectivity index (χ3v) is 5.78. The van der Waals surface area contributed by atoms with Crippen molar-refractivity contribution in [2.45, 2.75) is 37.0 Å². The molecule has 174 valence electrons. The van der Waals surface area contributed by atoms with Gasteiger partial charge in [-0.05, 0) is 17.7 Å². The van der Waals surface area contributed by atoms with Gasteiger partial charge in [0, 0.05) is 12.6 Å². The molecule has 2 heterocycles. The average Bonchev–Trinajstić information content (AvgIpc) is 3.29. The van der Waals surface area contributed by atoms with E-state index in [0.717, 1.165) is 5.56 Å². The van der Waals surface area contributed by atoms with Crippen molar-refractivity contribution in [3.8, 4) is 11.3 Å². The lowest BCUT2D eigenvalue weighted by Gasteiger charge is -2.45. The van der Waals surface area contributed by atoms with Crippen molar-refractivity contribution in [1.29, 1.82) is 0 Å². The van der Waals surface area contributed by atoms with Gasteiger partial charge in [0.05, 0.1) is 19.2 Å². The van der Waals surface area contributed by atoms with Crippen molar-refractivity contribution in [2.75, 3.05) is 13.7 Å². The summed E-state index contributed by atoms with van der Waals surface area (Å²) >= 11 is 0. The maximum atomic E-state index is 13.6. The molecule has 0 radical (unpaired) electrons. The molecule has 2 aromatic carbocycles. The van der Waals surface area contributed by atoms with Gasteiger partial charge in [-0.1, -0.05) is 47.7 Å². The first kappa shape index (κ1) is 23.0. The molecule has 0 bridgehead atoms. The smallest absolute Gasteiger partial charge is 0.228 e. The molecule has 10 heteroatoms. The third-order valence-electron chi connectivity index (χ3n) is 5.78. The molecule has 1 aromatic heterocycles. The highest BCUT2D eigenvalue weighted by Gasteiger charge is 2.48. The van der Waals surface area contributed by atoms with Crippen LogP contribution in [0.4, 0.5) is 4.39 Å². The number of rotatable bonds is 6. The molecule has 9 nitrogen and oxygen atoms in total. The monoisotopic (exact) mass is 456 g/mol. The Morgan fingerprint density at radius 2 is 1.91 bits per heavy atom. The van der Waals surface area contributed by atoms with Crippen LogP contribution < -0.4 is 0 Å². The van der Waals surface area contributed by atoms with Crippen LogP contribution in [-0.4, -0.2) is 79.3 Å². The van der Waals surface area contributed by atoms with E-state index in [4.69, 9.17) is 4.74 Å². The Kier molecular flexibility index (Phi) is 6.80. The van der Waals surface area contributed by atoms with Gasteiger partial charge in [0.25, 0.3) is 0 Å². The highest BCUT2D eigenvalue weighted by atomic mass is 19.1. The maximum Gasteiger partial charge on any atom is 0.228 e. The summed E-state index contributed by atoms with van der Waals surface area (Å²) in [6, 6.07) is 13.8. The second-order valence-corrected chi connectivity index (χ2v) is 7.98. The van der Waals surface area contributed by atoms with Crippen LogP contribution in [0, 0.1) is 5.82 Å². The zero-order valence-electron chi connectivity index (χ0n) is 17.9. The minimum Gasteiger partial charge on any atom is -0.394 e. The number of likely N-dealkylation sites (N-methyl/N-ethyl adjacent to an activating group) is 1. The van der Waals surface area contributed by atoms with Gasteiger partial charge in [0.2, 0.25) is 5.91 Å². The number of aromatic nitrogens is 3. The molecule has 1 amide bonds. The van der Waals surface area contributed by atoms with E-state index in [1.807, 2.05) is 30.3 Å². The van der Waals surface area contributed by atoms with E-state index in [1.165, 1.54) is 41.0 Å². The standard InChI is InChI=1S/C23H25FN4O5/c1-27(19(30)10-14-6-3-2-4-7-14)23-22(32)20(21(31)18(13-29)33-23)28-12-17(25-26-28)15-8-5-9-16(24)11-15/h2-9,11-12,18,20-23,29,31-32H,10,13H2,1H3/t18?,20?,21-,22?,23+/m0/s1. The van der Waals surface area contributed by atoms with Crippen LogP contribution in [0.2, 0.25) is 0 Å². The molecule has 5 atom stereocenters. The fraction of sp³-hybridized carbons (Fsp3) is 0.348. The van der Waals surface area contributed by atoms with Crippen molar-refractivity contribution in [2.24, 2.45) is 0 Å². The third kappa shape index (κ3) is 4.79. The molecule has 1 aliphatic heterocycles. The number of aliphatic hydroxyl groups is 3. The zero-order valence-corrected chi connectivity index (χ0v) is 17.9. The largest absolute Gasteiger partial charge is 0.394 e. The summed E-state index contributed by atoms with van der Waals surface area (Å²) in [6.45, 7) is -0.535. The van der Waals surface area contributed by atoms with Crippen molar-refractivity contribution in [3.05, 3.63) is 72.2 Å². The molecular weight excluding hydrogens is 431 g/mol. The van der Waals surface area contributed by atoms with Gasteiger partial charge in [0.1, 0.15) is 35.9 Å². The normalized spacial score (nSPS) is 25.1.